The lowest BCUT2D eigenvalue weighted by atomic mass is 10.1. The van der Waals surface area contributed by atoms with Crippen LogP contribution in [-0.4, -0.2) is 31.5 Å². The molecule has 0 spiro atoms. The minimum atomic E-state index is 0.0268. The fraction of sp³-hybridized carbons (Fsp3) is 0.364. The lowest BCUT2D eigenvalue weighted by molar-refractivity contribution is -0.121. The Morgan fingerprint density at radius 1 is 0.963 bits per heavy atom. The number of rotatable bonds is 9. The van der Waals surface area contributed by atoms with Crippen LogP contribution < -0.4 is 16.0 Å². The summed E-state index contributed by atoms with van der Waals surface area (Å²) in [5.74, 6) is 0.755. The summed E-state index contributed by atoms with van der Waals surface area (Å²) in [6.45, 7) is 3.25. The SMILES string of the molecule is CN=C(NCCC(=O)NCc1ccccc1)NC(C)CCc1ccccc1. The van der Waals surface area contributed by atoms with Gasteiger partial charge in [-0.2, -0.15) is 0 Å². The van der Waals surface area contributed by atoms with Crippen LogP contribution in [0.25, 0.3) is 0 Å². The molecule has 2 aromatic carbocycles. The Bertz CT molecular complexity index is 701. The van der Waals surface area contributed by atoms with Gasteiger partial charge in [-0.1, -0.05) is 60.7 Å². The molecule has 5 nitrogen and oxygen atoms in total. The van der Waals surface area contributed by atoms with Crippen LogP contribution >= 0.6 is 0 Å². The molecule has 0 saturated carbocycles. The number of nitrogens with one attached hydrogen (secondary N) is 3. The van der Waals surface area contributed by atoms with Crippen molar-refractivity contribution in [3.8, 4) is 0 Å². The van der Waals surface area contributed by atoms with Crippen molar-refractivity contribution in [2.75, 3.05) is 13.6 Å². The average molecular weight is 367 g/mol. The van der Waals surface area contributed by atoms with Gasteiger partial charge in [-0.15, -0.1) is 0 Å². The first-order valence-electron chi connectivity index (χ1n) is 9.49. The molecule has 27 heavy (non-hydrogen) atoms. The summed E-state index contributed by atoms with van der Waals surface area (Å²) in [6.07, 6.45) is 2.45. The zero-order valence-corrected chi connectivity index (χ0v) is 16.2. The number of aliphatic imine (C=N–C) groups is 1. The fourth-order valence-electron chi connectivity index (χ4n) is 2.71. The first-order chi connectivity index (χ1) is 13.2. The van der Waals surface area contributed by atoms with Crippen molar-refractivity contribution in [3.05, 3.63) is 71.8 Å². The Hall–Kier alpha value is -2.82. The van der Waals surface area contributed by atoms with E-state index in [2.05, 4.69) is 52.1 Å². The highest BCUT2D eigenvalue weighted by molar-refractivity contribution is 5.81. The van der Waals surface area contributed by atoms with Gasteiger partial charge in [0.05, 0.1) is 0 Å². The number of hydrogen-bond donors (Lipinski definition) is 3. The molecule has 0 heterocycles. The van der Waals surface area contributed by atoms with E-state index < -0.39 is 0 Å². The molecule has 0 aliphatic rings. The largest absolute Gasteiger partial charge is 0.356 e. The molecule has 0 saturated heterocycles. The normalized spacial score (nSPS) is 12.3. The third kappa shape index (κ3) is 8.40. The van der Waals surface area contributed by atoms with Crippen molar-refractivity contribution >= 4 is 11.9 Å². The molecule has 3 N–H and O–H groups in total. The van der Waals surface area contributed by atoms with Crippen LogP contribution in [0.3, 0.4) is 0 Å². The zero-order chi connectivity index (χ0) is 19.3. The third-order valence-electron chi connectivity index (χ3n) is 4.29. The van der Waals surface area contributed by atoms with Crippen molar-refractivity contribution in [1.29, 1.82) is 0 Å². The molecule has 1 unspecified atom stereocenters. The minimum Gasteiger partial charge on any atom is -0.356 e. The van der Waals surface area contributed by atoms with Crippen molar-refractivity contribution < 1.29 is 4.79 Å². The van der Waals surface area contributed by atoms with Crippen LogP contribution in [0, 0.1) is 0 Å². The highest BCUT2D eigenvalue weighted by Gasteiger charge is 2.07. The highest BCUT2D eigenvalue weighted by atomic mass is 16.1. The molecule has 2 aromatic rings. The van der Waals surface area contributed by atoms with Crippen LogP contribution in [0.1, 0.15) is 30.9 Å². The molecule has 144 valence electrons. The minimum absolute atomic E-state index is 0.0268. The molecule has 5 heteroatoms. The van der Waals surface area contributed by atoms with Gasteiger partial charge in [0.2, 0.25) is 5.91 Å². The quantitative estimate of drug-likeness (QED) is 0.472. The van der Waals surface area contributed by atoms with Crippen LogP contribution in [0.5, 0.6) is 0 Å². The van der Waals surface area contributed by atoms with Gasteiger partial charge < -0.3 is 16.0 Å². The van der Waals surface area contributed by atoms with E-state index in [-0.39, 0.29) is 5.91 Å². The molecule has 0 aliphatic carbocycles. The number of carbonyl (C=O) groups is 1. The van der Waals surface area contributed by atoms with E-state index in [1.165, 1.54) is 5.56 Å². The Morgan fingerprint density at radius 2 is 1.59 bits per heavy atom. The molecule has 1 amide bonds. The Labute approximate surface area is 162 Å². The second kappa shape index (κ2) is 11.7. The second-order valence-corrected chi connectivity index (χ2v) is 6.58. The van der Waals surface area contributed by atoms with Crippen LogP contribution in [0.4, 0.5) is 0 Å². The maximum Gasteiger partial charge on any atom is 0.222 e. The Balaban J connectivity index is 1.62. The number of aryl methyl sites for hydroxylation is 1. The molecule has 1 atom stereocenters. The van der Waals surface area contributed by atoms with Gasteiger partial charge in [0.15, 0.2) is 5.96 Å². The monoisotopic (exact) mass is 366 g/mol. The molecule has 2 rings (SSSR count). The standard InChI is InChI=1S/C22H30N4O/c1-18(13-14-19-9-5-3-6-10-19)26-22(23-2)24-16-15-21(27)25-17-20-11-7-4-8-12-20/h3-12,18H,13-17H2,1-2H3,(H,25,27)(H2,23,24,26). The summed E-state index contributed by atoms with van der Waals surface area (Å²) in [5, 5.41) is 9.51. The van der Waals surface area contributed by atoms with Crippen molar-refractivity contribution in [3.63, 3.8) is 0 Å². The van der Waals surface area contributed by atoms with Gasteiger partial charge in [-0.3, -0.25) is 9.79 Å². The van der Waals surface area contributed by atoms with Crippen LogP contribution in [0.2, 0.25) is 0 Å². The summed E-state index contributed by atoms with van der Waals surface area (Å²) < 4.78 is 0. The lowest BCUT2D eigenvalue weighted by Gasteiger charge is -2.18. The summed E-state index contributed by atoms with van der Waals surface area (Å²) in [4.78, 5) is 16.2. The molecule has 0 radical (unpaired) electrons. The highest BCUT2D eigenvalue weighted by Crippen LogP contribution is 2.04. The molecular formula is C22H30N4O. The summed E-state index contributed by atoms with van der Waals surface area (Å²) >= 11 is 0. The van der Waals surface area contributed by atoms with Gasteiger partial charge >= 0.3 is 0 Å². The van der Waals surface area contributed by atoms with E-state index in [0.29, 0.717) is 25.6 Å². The maximum atomic E-state index is 12.0. The number of guanidine groups is 1. The van der Waals surface area contributed by atoms with E-state index in [1.807, 2.05) is 36.4 Å². The predicted octanol–water partition coefficient (Wildman–Crippen LogP) is 2.88. The third-order valence-corrected chi connectivity index (χ3v) is 4.29. The van der Waals surface area contributed by atoms with E-state index >= 15 is 0 Å². The number of benzene rings is 2. The maximum absolute atomic E-state index is 12.0. The van der Waals surface area contributed by atoms with E-state index in [9.17, 15) is 4.79 Å². The predicted molar refractivity (Wildman–Crippen MR) is 112 cm³/mol. The molecule has 0 fully saturated rings. The van der Waals surface area contributed by atoms with Crippen LogP contribution in [-0.2, 0) is 17.8 Å². The summed E-state index contributed by atoms with van der Waals surface area (Å²) in [6, 6.07) is 20.7. The summed E-state index contributed by atoms with van der Waals surface area (Å²) in [5.41, 5.74) is 2.44. The molecule has 0 bridgehead atoms. The Kier molecular flexibility index (Phi) is 8.90. The first-order valence-corrected chi connectivity index (χ1v) is 9.49. The van der Waals surface area contributed by atoms with Gasteiger partial charge in [-0.25, -0.2) is 0 Å². The van der Waals surface area contributed by atoms with E-state index in [0.717, 1.165) is 24.4 Å². The number of nitrogens with zero attached hydrogens (tertiary/aromatic N) is 1. The van der Waals surface area contributed by atoms with E-state index in [1.54, 1.807) is 7.05 Å². The van der Waals surface area contributed by atoms with Crippen LogP contribution in [0.15, 0.2) is 65.7 Å². The summed E-state index contributed by atoms with van der Waals surface area (Å²) in [7, 11) is 1.74. The van der Waals surface area contributed by atoms with Crippen molar-refractivity contribution in [1.82, 2.24) is 16.0 Å². The number of amides is 1. The average Bonchev–Trinajstić information content (AvgIpc) is 2.71. The molecule has 0 aliphatic heterocycles. The topological polar surface area (TPSA) is 65.5 Å². The van der Waals surface area contributed by atoms with Crippen molar-refractivity contribution in [2.45, 2.75) is 38.8 Å². The fourth-order valence-corrected chi connectivity index (χ4v) is 2.71. The van der Waals surface area contributed by atoms with Gasteiger partial charge in [0, 0.05) is 32.6 Å². The number of carbonyl (C=O) groups excluding carboxylic acids is 1. The molecular weight excluding hydrogens is 336 g/mol. The van der Waals surface area contributed by atoms with E-state index in [4.69, 9.17) is 0 Å². The zero-order valence-electron chi connectivity index (χ0n) is 16.2. The first kappa shape index (κ1) is 20.5. The van der Waals surface area contributed by atoms with Gasteiger partial charge in [0.25, 0.3) is 0 Å². The Morgan fingerprint density at radius 3 is 2.22 bits per heavy atom. The number of hydrogen-bond acceptors (Lipinski definition) is 2. The second-order valence-electron chi connectivity index (χ2n) is 6.58. The van der Waals surface area contributed by atoms with Gasteiger partial charge in [-0.05, 0) is 30.9 Å². The van der Waals surface area contributed by atoms with Crippen molar-refractivity contribution in [2.24, 2.45) is 4.99 Å². The van der Waals surface area contributed by atoms with Gasteiger partial charge in [0.1, 0.15) is 0 Å². The smallest absolute Gasteiger partial charge is 0.222 e. The lowest BCUT2D eigenvalue weighted by Crippen LogP contribution is -2.43. The molecule has 0 aromatic heterocycles.